The molecule has 0 saturated carbocycles. The molecule has 0 atom stereocenters. The van der Waals surface area contributed by atoms with E-state index in [9.17, 15) is 4.79 Å². The Morgan fingerprint density at radius 1 is 1.62 bits per heavy atom. The van der Waals surface area contributed by atoms with Gasteiger partial charge in [0, 0.05) is 6.54 Å². The molecule has 1 amide bonds. The first kappa shape index (κ1) is 9.66. The Labute approximate surface area is 75.3 Å². The molecule has 4 N–H and O–H groups in total. The molecule has 0 aliphatic rings. The third-order valence-electron chi connectivity index (χ3n) is 1.74. The van der Waals surface area contributed by atoms with Crippen LogP contribution in [0.2, 0.25) is 0 Å². The minimum Gasteiger partial charge on any atom is -0.363 e. The molecule has 0 aromatic carbocycles. The van der Waals surface area contributed by atoms with E-state index in [0.29, 0.717) is 12.4 Å². The fraction of sp³-hybridized carbons (Fsp3) is 0.571. The Morgan fingerprint density at radius 3 is 2.62 bits per heavy atom. The first-order valence-electron chi connectivity index (χ1n) is 3.81. The zero-order valence-electron chi connectivity index (χ0n) is 7.57. The fourth-order valence-electron chi connectivity index (χ4n) is 0.686. The molecule has 0 radical (unpaired) electrons. The topological polar surface area (TPSA) is 108 Å². The monoisotopic (exact) mass is 184 g/mol. The summed E-state index contributed by atoms with van der Waals surface area (Å²) in [5.74, 6) is -0.497. The summed E-state index contributed by atoms with van der Waals surface area (Å²) in [6.07, 6.45) is 0. The number of carbonyl (C=O) groups excluding carboxylic acids is 1. The zero-order chi connectivity index (χ0) is 10.1. The van der Waals surface area contributed by atoms with Gasteiger partial charge < -0.3 is 16.0 Å². The van der Waals surface area contributed by atoms with Crippen LogP contribution in [0.15, 0.2) is 4.52 Å². The predicted molar refractivity (Wildman–Crippen MR) is 44.9 cm³/mol. The first-order valence-corrected chi connectivity index (χ1v) is 3.81. The van der Waals surface area contributed by atoms with Crippen LogP contribution in [0.5, 0.6) is 0 Å². The SMILES string of the molecule is CC(C)(CN)c1nc(C(N)=O)no1. The van der Waals surface area contributed by atoms with E-state index in [0.717, 1.165) is 0 Å². The lowest BCUT2D eigenvalue weighted by Gasteiger charge is -2.15. The lowest BCUT2D eigenvalue weighted by Crippen LogP contribution is -2.28. The van der Waals surface area contributed by atoms with E-state index >= 15 is 0 Å². The van der Waals surface area contributed by atoms with Crippen LogP contribution >= 0.6 is 0 Å². The number of amides is 1. The summed E-state index contributed by atoms with van der Waals surface area (Å²) in [5, 5.41) is 3.41. The van der Waals surface area contributed by atoms with E-state index in [2.05, 4.69) is 10.1 Å². The second-order valence-corrected chi connectivity index (χ2v) is 3.38. The van der Waals surface area contributed by atoms with Crippen molar-refractivity contribution in [2.45, 2.75) is 19.3 Å². The second-order valence-electron chi connectivity index (χ2n) is 3.38. The number of nitrogens with zero attached hydrogens (tertiary/aromatic N) is 2. The Kier molecular flexibility index (Phi) is 2.33. The number of carbonyl (C=O) groups is 1. The molecule has 1 heterocycles. The van der Waals surface area contributed by atoms with Crippen molar-refractivity contribution < 1.29 is 9.32 Å². The molecule has 0 aliphatic heterocycles. The Bertz CT molecular complexity index is 318. The van der Waals surface area contributed by atoms with Crippen LogP contribution < -0.4 is 11.5 Å². The van der Waals surface area contributed by atoms with E-state index in [1.54, 1.807) is 0 Å². The van der Waals surface area contributed by atoms with E-state index in [-0.39, 0.29) is 5.82 Å². The van der Waals surface area contributed by atoms with Crippen molar-refractivity contribution >= 4 is 5.91 Å². The fourth-order valence-corrected chi connectivity index (χ4v) is 0.686. The van der Waals surface area contributed by atoms with Crippen LogP contribution in [0.3, 0.4) is 0 Å². The molecule has 0 fully saturated rings. The number of primary amides is 1. The molecule has 0 bridgehead atoms. The van der Waals surface area contributed by atoms with Gasteiger partial charge in [-0.3, -0.25) is 4.79 Å². The van der Waals surface area contributed by atoms with Crippen LogP contribution in [0.25, 0.3) is 0 Å². The van der Waals surface area contributed by atoms with Crippen LogP contribution in [-0.4, -0.2) is 22.6 Å². The van der Waals surface area contributed by atoms with Gasteiger partial charge >= 0.3 is 0 Å². The van der Waals surface area contributed by atoms with Crippen LogP contribution in [0.1, 0.15) is 30.4 Å². The molecule has 1 aromatic heterocycles. The number of aromatic nitrogens is 2. The number of rotatable bonds is 3. The molecule has 13 heavy (non-hydrogen) atoms. The van der Waals surface area contributed by atoms with Crippen molar-refractivity contribution in [1.82, 2.24) is 10.1 Å². The van der Waals surface area contributed by atoms with Gasteiger partial charge in [0.25, 0.3) is 11.7 Å². The largest absolute Gasteiger partial charge is 0.363 e. The highest BCUT2D eigenvalue weighted by Gasteiger charge is 2.26. The second kappa shape index (κ2) is 3.14. The molecule has 72 valence electrons. The van der Waals surface area contributed by atoms with E-state index in [1.807, 2.05) is 13.8 Å². The van der Waals surface area contributed by atoms with Crippen molar-refractivity contribution in [2.24, 2.45) is 11.5 Å². The summed E-state index contributed by atoms with van der Waals surface area (Å²) in [5.41, 5.74) is 10.0. The van der Waals surface area contributed by atoms with E-state index in [1.165, 1.54) is 0 Å². The summed E-state index contributed by atoms with van der Waals surface area (Å²) in [6.45, 7) is 4.03. The van der Waals surface area contributed by atoms with Crippen LogP contribution in [0, 0.1) is 0 Å². The molecule has 6 heteroatoms. The molecule has 0 saturated heterocycles. The van der Waals surface area contributed by atoms with Crippen LogP contribution in [-0.2, 0) is 5.41 Å². The molecular weight excluding hydrogens is 172 g/mol. The lowest BCUT2D eigenvalue weighted by molar-refractivity contribution is 0.0987. The molecule has 0 unspecified atom stereocenters. The van der Waals surface area contributed by atoms with Gasteiger partial charge in [-0.1, -0.05) is 5.16 Å². The summed E-state index contributed by atoms with van der Waals surface area (Å²) in [6, 6.07) is 0. The van der Waals surface area contributed by atoms with Crippen molar-refractivity contribution in [1.29, 1.82) is 0 Å². The highest BCUT2D eigenvalue weighted by Crippen LogP contribution is 2.18. The minimum absolute atomic E-state index is 0.114. The summed E-state index contributed by atoms with van der Waals surface area (Å²) >= 11 is 0. The van der Waals surface area contributed by atoms with Gasteiger partial charge in [0.05, 0.1) is 5.41 Å². The Morgan fingerprint density at radius 2 is 2.23 bits per heavy atom. The lowest BCUT2D eigenvalue weighted by atomic mass is 9.94. The van der Waals surface area contributed by atoms with Crippen molar-refractivity contribution in [2.75, 3.05) is 6.54 Å². The molecule has 1 aromatic rings. The van der Waals surface area contributed by atoms with Gasteiger partial charge in [0.15, 0.2) is 0 Å². The van der Waals surface area contributed by atoms with Crippen molar-refractivity contribution in [3.05, 3.63) is 11.7 Å². The predicted octanol–water partition coefficient (Wildman–Crippen LogP) is -0.595. The average molecular weight is 184 g/mol. The Balaban J connectivity index is 2.98. The maximum Gasteiger partial charge on any atom is 0.290 e. The summed E-state index contributed by atoms with van der Waals surface area (Å²) in [7, 11) is 0. The van der Waals surface area contributed by atoms with Gasteiger partial charge in [0.1, 0.15) is 0 Å². The summed E-state index contributed by atoms with van der Waals surface area (Å²) in [4.78, 5) is 14.5. The first-order chi connectivity index (χ1) is 5.97. The van der Waals surface area contributed by atoms with Crippen molar-refractivity contribution in [3.8, 4) is 0 Å². The molecule has 0 spiro atoms. The van der Waals surface area contributed by atoms with Gasteiger partial charge in [0.2, 0.25) is 5.89 Å². The normalized spacial score (nSPS) is 11.6. The van der Waals surface area contributed by atoms with Crippen molar-refractivity contribution in [3.63, 3.8) is 0 Å². The number of hydrogen-bond acceptors (Lipinski definition) is 5. The van der Waals surface area contributed by atoms with Gasteiger partial charge in [-0.15, -0.1) is 0 Å². The Hall–Kier alpha value is -1.43. The third kappa shape index (κ3) is 1.83. The highest BCUT2D eigenvalue weighted by molar-refractivity contribution is 5.88. The maximum absolute atomic E-state index is 10.6. The number of nitrogens with two attached hydrogens (primary N) is 2. The third-order valence-corrected chi connectivity index (χ3v) is 1.74. The van der Waals surface area contributed by atoms with Gasteiger partial charge in [-0.05, 0) is 13.8 Å². The standard InChI is InChI=1S/C7H12N4O2/c1-7(2,3-8)6-10-5(4(9)12)11-13-6/h3,8H2,1-2H3,(H2,9,12). The van der Waals surface area contributed by atoms with Crippen LogP contribution in [0.4, 0.5) is 0 Å². The maximum atomic E-state index is 10.6. The molecule has 0 aliphatic carbocycles. The van der Waals surface area contributed by atoms with Gasteiger partial charge in [-0.2, -0.15) is 4.98 Å². The average Bonchev–Trinajstić information content (AvgIpc) is 2.52. The van der Waals surface area contributed by atoms with E-state index in [4.69, 9.17) is 16.0 Å². The quantitative estimate of drug-likeness (QED) is 0.652. The number of hydrogen-bond donors (Lipinski definition) is 2. The zero-order valence-corrected chi connectivity index (χ0v) is 7.57. The minimum atomic E-state index is -0.706. The molecule has 6 nitrogen and oxygen atoms in total. The molecular formula is C7H12N4O2. The molecule has 1 rings (SSSR count). The highest BCUT2D eigenvalue weighted by atomic mass is 16.5. The summed E-state index contributed by atoms with van der Waals surface area (Å²) < 4.78 is 4.84. The van der Waals surface area contributed by atoms with Gasteiger partial charge in [-0.25, -0.2) is 0 Å². The van der Waals surface area contributed by atoms with E-state index < -0.39 is 11.3 Å². The smallest absolute Gasteiger partial charge is 0.290 e.